The van der Waals surface area contributed by atoms with Gasteiger partial charge in [0.2, 0.25) is 0 Å². The molecule has 1 atom stereocenters. The highest BCUT2D eigenvalue weighted by Gasteiger charge is 2.15. The van der Waals surface area contributed by atoms with Crippen LogP contribution in [0.2, 0.25) is 0 Å². The largest absolute Gasteiger partial charge is 0.464 e. The van der Waals surface area contributed by atoms with Gasteiger partial charge in [0.05, 0.1) is 6.61 Å². The summed E-state index contributed by atoms with van der Waals surface area (Å²) in [6.07, 6.45) is -0.0880. The molecule has 0 aliphatic carbocycles. The Kier molecular flexibility index (Phi) is 4.94. The Balaban J connectivity index is 3.65. The molecule has 0 aliphatic heterocycles. The first kappa shape index (κ1) is 9.43. The Bertz CT molecular complexity index is 97.0. The van der Waals surface area contributed by atoms with E-state index in [0.717, 1.165) is 0 Å². The fraction of sp³-hybridized carbons (Fsp3) is 0.714. The lowest BCUT2D eigenvalue weighted by Crippen LogP contribution is -2.24. The van der Waals surface area contributed by atoms with Gasteiger partial charge in [0.25, 0.3) is 0 Å². The van der Waals surface area contributed by atoms with Crippen LogP contribution in [0.3, 0.4) is 0 Å². The van der Waals surface area contributed by atoms with Gasteiger partial charge in [-0.1, -0.05) is 6.92 Å². The van der Waals surface area contributed by atoms with Crippen molar-refractivity contribution in [2.45, 2.75) is 19.4 Å². The lowest BCUT2D eigenvalue weighted by atomic mass is 10.3. The smallest absolute Gasteiger partial charge is 0.335 e. The molecule has 10 heavy (non-hydrogen) atoms. The van der Waals surface area contributed by atoms with E-state index in [1.165, 1.54) is 7.11 Å². The van der Waals surface area contributed by atoms with Gasteiger partial charge in [0.15, 0.2) is 6.10 Å². The van der Waals surface area contributed by atoms with E-state index >= 15 is 0 Å². The zero-order valence-electron chi connectivity index (χ0n) is 6.42. The van der Waals surface area contributed by atoms with E-state index in [4.69, 9.17) is 4.74 Å². The molecule has 0 saturated heterocycles. The molecule has 0 aromatic heterocycles. The normalized spacial score (nSPS) is 12.7. The van der Waals surface area contributed by atoms with Gasteiger partial charge in [0.1, 0.15) is 0 Å². The van der Waals surface area contributed by atoms with Crippen molar-refractivity contribution in [2.75, 3.05) is 13.7 Å². The van der Waals surface area contributed by atoms with Crippen LogP contribution in [0.15, 0.2) is 0 Å². The third kappa shape index (κ3) is 2.82. The summed E-state index contributed by atoms with van der Waals surface area (Å²) in [4.78, 5) is 10.8. The highest BCUT2D eigenvalue weighted by atomic mass is 16.6. The minimum absolute atomic E-state index is 0.333. The van der Waals surface area contributed by atoms with Crippen molar-refractivity contribution in [3.05, 3.63) is 6.92 Å². The first-order valence-electron chi connectivity index (χ1n) is 3.24. The number of methoxy groups -OCH3 is 1. The molecule has 59 valence electrons. The maximum atomic E-state index is 10.8. The second kappa shape index (κ2) is 5.23. The van der Waals surface area contributed by atoms with Gasteiger partial charge in [-0.3, -0.25) is 0 Å². The Morgan fingerprint density at radius 1 is 1.70 bits per heavy atom. The average molecular weight is 145 g/mol. The predicted octanol–water partition coefficient (Wildman–Crippen LogP) is 0.789. The number of hydrogen-bond acceptors (Lipinski definition) is 3. The van der Waals surface area contributed by atoms with E-state index in [-0.39, 0.29) is 5.97 Å². The van der Waals surface area contributed by atoms with Crippen molar-refractivity contribution in [3.63, 3.8) is 0 Å². The van der Waals surface area contributed by atoms with Crippen LogP contribution in [0.25, 0.3) is 0 Å². The minimum atomic E-state index is -0.500. The molecular formula is C7H13O3. The standard InChI is InChI=1S/C7H13O3/c1-4-6(9-3)7(8)10-5-2/h6H,1,4-5H2,2-3H3. The van der Waals surface area contributed by atoms with Crippen LogP contribution < -0.4 is 0 Å². The second-order valence-corrected chi connectivity index (χ2v) is 1.77. The molecule has 1 radical (unpaired) electrons. The SMILES string of the molecule is [CH2]CC(OC)C(=O)OCC. The minimum Gasteiger partial charge on any atom is -0.464 e. The summed E-state index contributed by atoms with van der Waals surface area (Å²) in [7, 11) is 1.47. The van der Waals surface area contributed by atoms with Crippen molar-refractivity contribution in [3.8, 4) is 0 Å². The molecule has 0 fully saturated rings. The summed E-state index contributed by atoms with van der Waals surface area (Å²) >= 11 is 0. The molecule has 0 N–H and O–H groups in total. The molecule has 0 aromatic rings. The molecular weight excluding hydrogens is 132 g/mol. The van der Waals surface area contributed by atoms with Crippen LogP contribution in [-0.4, -0.2) is 25.8 Å². The molecule has 3 nitrogen and oxygen atoms in total. The summed E-state index contributed by atoms with van der Waals surface area (Å²) < 4.78 is 9.46. The van der Waals surface area contributed by atoms with E-state index in [1.54, 1.807) is 6.92 Å². The lowest BCUT2D eigenvalue weighted by Gasteiger charge is -2.10. The fourth-order valence-electron chi connectivity index (χ4n) is 0.567. The van der Waals surface area contributed by atoms with E-state index in [2.05, 4.69) is 11.7 Å². The monoisotopic (exact) mass is 145 g/mol. The van der Waals surface area contributed by atoms with E-state index in [9.17, 15) is 4.79 Å². The van der Waals surface area contributed by atoms with Crippen LogP contribution in [0.5, 0.6) is 0 Å². The zero-order chi connectivity index (χ0) is 7.98. The molecule has 1 unspecified atom stereocenters. The van der Waals surface area contributed by atoms with Gasteiger partial charge >= 0.3 is 5.97 Å². The van der Waals surface area contributed by atoms with Crippen molar-refractivity contribution < 1.29 is 14.3 Å². The van der Waals surface area contributed by atoms with Crippen molar-refractivity contribution in [2.24, 2.45) is 0 Å². The van der Waals surface area contributed by atoms with Gasteiger partial charge in [-0.2, -0.15) is 0 Å². The summed E-state index contributed by atoms with van der Waals surface area (Å²) in [5.41, 5.74) is 0. The molecule has 0 spiro atoms. The molecule has 0 rings (SSSR count). The first-order valence-corrected chi connectivity index (χ1v) is 3.24. The van der Waals surface area contributed by atoms with Crippen LogP contribution in [0, 0.1) is 6.92 Å². The molecule has 0 amide bonds. The Morgan fingerprint density at radius 2 is 2.30 bits per heavy atom. The highest BCUT2D eigenvalue weighted by molar-refractivity contribution is 5.74. The van der Waals surface area contributed by atoms with Gasteiger partial charge in [-0.05, 0) is 13.3 Å². The number of esters is 1. The van der Waals surface area contributed by atoms with Gasteiger partial charge in [-0.25, -0.2) is 4.79 Å². The molecule has 0 aliphatic rings. The van der Waals surface area contributed by atoms with Crippen molar-refractivity contribution in [1.82, 2.24) is 0 Å². The topological polar surface area (TPSA) is 35.5 Å². The van der Waals surface area contributed by atoms with Crippen molar-refractivity contribution >= 4 is 5.97 Å². The van der Waals surface area contributed by atoms with E-state index in [0.29, 0.717) is 13.0 Å². The van der Waals surface area contributed by atoms with Crippen LogP contribution in [-0.2, 0) is 14.3 Å². The van der Waals surface area contributed by atoms with Gasteiger partial charge < -0.3 is 9.47 Å². The zero-order valence-corrected chi connectivity index (χ0v) is 6.42. The quantitative estimate of drug-likeness (QED) is 0.548. The van der Waals surface area contributed by atoms with Gasteiger partial charge in [0, 0.05) is 7.11 Å². The maximum Gasteiger partial charge on any atom is 0.335 e. The summed E-state index contributed by atoms with van der Waals surface area (Å²) in [6.45, 7) is 5.68. The van der Waals surface area contributed by atoms with Crippen molar-refractivity contribution in [1.29, 1.82) is 0 Å². The maximum absolute atomic E-state index is 10.8. The number of carbonyl (C=O) groups is 1. The van der Waals surface area contributed by atoms with E-state index < -0.39 is 6.10 Å². The Morgan fingerprint density at radius 3 is 2.60 bits per heavy atom. The first-order chi connectivity index (χ1) is 4.76. The molecule has 0 aromatic carbocycles. The fourth-order valence-corrected chi connectivity index (χ4v) is 0.567. The third-order valence-corrected chi connectivity index (χ3v) is 1.10. The van der Waals surface area contributed by atoms with Crippen LogP contribution in [0.4, 0.5) is 0 Å². The van der Waals surface area contributed by atoms with Gasteiger partial charge in [-0.15, -0.1) is 0 Å². The van der Waals surface area contributed by atoms with E-state index in [1.807, 2.05) is 0 Å². The van der Waals surface area contributed by atoms with Crippen LogP contribution >= 0.6 is 0 Å². The number of rotatable bonds is 4. The lowest BCUT2D eigenvalue weighted by molar-refractivity contribution is -0.154. The number of ether oxygens (including phenoxy) is 2. The predicted molar refractivity (Wildman–Crippen MR) is 37.4 cm³/mol. The summed E-state index contributed by atoms with van der Waals surface area (Å²) in [6, 6.07) is 0. The molecule has 0 bridgehead atoms. The third-order valence-electron chi connectivity index (χ3n) is 1.10. The summed E-state index contributed by atoms with van der Waals surface area (Å²) in [5.74, 6) is -0.333. The van der Waals surface area contributed by atoms with Crippen LogP contribution in [0.1, 0.15) is 13.3 Å². The Labute approximate surface area is 61.3 Å². The average Bonchev–Trinajstić information content (AvgIpc) is 1.91. The molecule has 0 heterocycles. The summed E-state index contributed by atoms with van der Waals surface area (Å²) in [5, 5.41) is 0. The number of hydrogen-bond donors (Lipinski definition) is 0. The Hall–Kier alpha value is -0.570. The molecule has 3 heteroatoms. The number of carbonyl (C=O) groups excluding carboxylic acids is 1. The molecule has 0 saturated carbocycles. The second-order valence-electron chi connectivity index (χ2n) is 1.77. The highest BCUT2D eigenvalue weighted by Crippen LogP contribution is 1.97.